The number of rotatable bonds is 6. The summed E-state index contributed by atoms with van der Waals surface area (Å²) < 4.78 is 16.4. The first-order valence-corrected chi connectivity index (χ1v) is 8.00. The molecule has 0 radical (unpaired) electrons. The van der Waals surface area contributed by atoms with Crippen molar-refractivity contribution in [2.75, 3.05) is 21.3 Å². The Morgan fingerprint density at radius 1 is 0.769 bits per heavy atom. The average Bonchev–Trinajstić information content (AvgIpc) is 2.73. The molecule has 0 atom stereocenters. The molecule has 2 aromatic carbocycles. The first kappa shape index (κ1) is 17.7. The van der Waals surface area contributed by atoms with Crippen molar-refractivity contribution in [3.05, 3.63) is 77.7 Å². The van der Waals surface area contributed by atoms with Crippen LogP contribution in [-0.4, -0.2) is 36.4 Å². The first-order chi connectivity index (χ1) is 12.7. The molecule has 0 aliphatic rings. The molecule has 0 amide bonds. The topological polar surface area (TPSA) is 73.7 Å². The monoisotopic (exact) mass is 352 g/mol. The van der Waals surface area contributed by atoms with Crippen molar-refractivity contribution in [3.63, 3.8) is 0 Å². The van der Waals surface area contributed by atoms with E-state index in [0.29, 0.717) is 28.2 Å². The second-order valence-electron chi connectivity index (χ2n) is 5.56. The normalized spacial score (nSPS) is 11.1. The van der Waals surface area contributed by atoms with Gasteiger partial charge in [-0.25, -0.2) is 9.97 Å². The van der Waals surface area contributed by atoms with Crippen LogP contribution in [0.15, 0.2) is 61.1 Å². The molecule has 6 nitrogen and oxygen atoms in total. The first-order valence-electron chi connectivity index (χ1n) is 8.00. The SMILES string of the molecule is COc1ccccc1C(O)(c1ccccc1OC)c1cncnc1OC. The fraction of sp³-hybridized carbons (Fsp3) is 0.200. The highest BCUT2D eigenvalue weighted by atomic mass is 16.5. The van der Waals surface area contributed by atoms with Crippen LogP contribution in [0.4, 0.5) is 0 Å². The number of ether oxygens (including phenoxy) is 3. The van der Waals surface area contributed by atoms with Crippen molar-refractivity contribution in [2.45, 2.75) is 5.60 Å². The minimum atomic E-state index is -1.65. The highest BCUT2D eigenvalue weighted by Crippen LogP contribution is 2.46. The number of para-hydroxylation sites is 2. The van der Waals surface area contributed by atoms with Gasteiger partial charge < -0.3 is 19.3 Å². The minimum Gasteiger partial charge on any atom is -0.496 e. The van der Waals surface area contributed by atoms with Gasteiger partial charge in [-0.15, -0.1) is 0 Å². The van der Waals surface area contributed by atoms with Gasteiger partial charge in [-0.2, -0.15) is 0 Å². The Labute approximate surface area is 152 Å². The van der Waals surface area contributed by atoms with Gasteiger partial charge in [-0.3, -0.25) is 0 Å². The second kappa shape index (κ2) is 7.41. The number of nitrogens with zero attached hydrogens (tertiary/aromatic N) is 2. The van der Waals surface area contributed by atoms with E-state index in [1.165, 1.54) is 19.6 Å². The molecule has 3 rings (SSSR count). The van der Waals surface area contributed by atoms with Gasteiger partial charge >= 0.3 is 0 Å². The Balaban J connectivity index is 2.40. The van der Waals surface area contributed by atoms with Gasteiger partial charge in [0, 0.05) is 17.3 Å². The molecule has 0 saturated carbocycles. The summed E-state index contributed by atoms with van der Waals surface area (Å²) in [6, 6.07) is 14.5. The van der Waals surface area contributed by atoms with E-state index in [0.717, 1.165) is 0 Å². The molecule has 6 heteroatoms. The maximum absolute atomic E-state index is 12.0. The van der Waals surface area contributed by atoms with Gasteiger partial charge in [0.1, 0.15) is 17.8 Å². The van der Waals surface area contributed by atoms with Crippen LogP contribution in [0.25, 0.3) is 0 Å². The Kier molecular flexibility index (Phi) is 5.04. The number of methoxy groups -OCH3 is 3. The number of aliphatic hydroxyl groups is 1. The van der Waals surface area contributed by atoms with Crippen molar-refractivity contribution in [1.29, 1.82) is 0 Å². The standard InChI is InChI=1S/C20H20N2O4/c1-24-17-10-6-4-8-14(17)20(23,15-9-5-7-11-18(15)25-2)16-12-21-13-22-19(16)26-3/h4-13,23H,1-3H3. The fourth-order valence-electron chi connectivity index (χ4n) is 3.05. The number of hydrogen-bond acceptors (Lipinski definition) is 6. The van der Waals surface area contributed by atoms with E-state index in [4.69, 9.17) is 14.2 Å². The third kappa shape index (κ3) is 2.84. The third-order valence-corrected chi connectivity index (χ3v) is 4.25. The fourth-order valence-corrected chi connectivity index (χ4v) is 3.05. The van der Waals surface area contributed by atoms with Crippen molar-refractivity contribution < 1.29 is 19.3 Å². The van der Waals surface area contributed by atoms with E-state index < -0.39 is 5.60 Å². The summed E-state index contributed by atoms with van der Waals surface area (Å²) in [6.07, 6.45) is 2.90. The second-order valence-corrected chi connectivity index (χ2v) is 5.56. The predicted molar refractivity (Wildman–Crippen MR) is 96.7 cm³/mol. The molecule has 134 valence electrons. The van der Waals surface area contributed by atoms with Gasteiger partial charge in [-0.05, 0) is 12.1 Å². The summed E-state index contributed by atoms with van der Waals surface area (Å²) in [4.78, 5) is 8.24. The number of hydrogen-bond donors (Lipinski definition) is 1. The maximum atomic E-state index is 12.0. The van der Waals surface area contributed by atoms with Gasteiger partial charge in [0.15, 0.2) is 5.60 Å². The van der Waals surface area contributed by atoms with Crippen LogP contribution in [-0.2, 0) is 5.60 Å². The molecule has 0 unspecified atom stereocenters. The van der Waals surface area contributed by atoms with E-state index in [1.807, 2.05) is 24.3 Å². The quantitative estimate of drug-likeness (QED) is 0.735. The van der Waals surface area contributed by atoms with Gasteiger partial charge in [0.25, 0.3) is 0 Å². The van der Waals surface area contributed by atoms with Crippen LogP contribution >= 0.6 is 0 Å². The molecule has 0 aliphatic heterocycles. The summed E-state index contributed by atoms with van der Waals surface area (Å²) >= 11 is 0. The lowest BCUT2D eigenvalue weighted by Gasteiger charge is -2.32. The van der Waals surface area contributed by atoms with Crippen molar-refractivity contribution in [2.24, 2.45) is 0 Å². The van der Waals surface area contributed by atoms with E-state index in [-0.39, 0.29) is 5.88 Å². The van der Waals surface area contributed by atoms with E-state index in [2.05, 4.69) is 9.97 Å². The van der Waals surface area contributed by atoms with Crippen LogP contribution in [0.2, 0.25) is 0 Å². The summed E-state index contributed by atoms with van der Waals surface area (Å²) in [5.41, 5.74) is -0.206. The highest BCUT2D eigenvalue weighted by molar-refractivity contribution is 5.57. The van der Waals surface area contributed by atoms with Crippen molar-refractivity contribution in [1.82, 2.24) is 9.97 Å². The molecule has 1 N–H and O–H groups in total. The Bertz CT molecular complexity index is 783. The summed E-state index contributed by atoms with van der Waals surface area (Å²) in [6.45, 7) is 0. The van der Waals surface area contributed by atoms with Crippen LogP contribution in [0.1, 0.15) is 16.7 Å². The summed E-state index contributed by atoms with van der Waals surface area (Å²) in [5, 5.41) is 12.0. The maximum Gasteiger partial charge on any atom is 0.223 e. The van der Waals surface area contributed by atoms with Gasteiger partial charge in [0.05, 0.1) is 26.9 Å². The van der Waals surface area contributed by atoms with Crippen LogP contribution in [0.3, 0.4) is 0 Å². The molecular weight excluding hydrogens is 332 g/mol. The molecule has 0 fully saturated rings. The zero-order valence-electron chi connectivity index (χ0n) is 14.8. The van der Waals surface area contributed by atoms with E-state index >= 15 is 0 Å². The molecule has 26 heavy (non-hydrogen) atoms. The third-order valence-electron chi connectivity index (χ3n) is 4.25. The molecule has 1 heterocycles. The molecule has 0 aliphatic carbocycles. The molecule has 0 saturated heterocycles. The summed E-state index contributed by atoms with van der Waals surface area (Å²) in [7, 11) is 4.61. The smallest absolute Gasteiger partial charge is 0.223 e. The summed E-state index contributed by atoms with van der Waals surface area (Å²) in [5.74, 6) is 1.30. The molecule has 3 aromatic rings. The molecule has 0 bridgehead atoms. The molecular formula is C20H20N2O4. The Hall–Kier alpha value is -3.12. The minimum absolute atomic E-state index is 0.263. The van der Waals surface area contributed by atoms with Gasteiger partial charge in [0.2, 0.25) is 5.88 Å². The number of aromatic nitrogens is 2. The highest BCUT2D eigenvalue weighted by Gasteiger charge is 2.41. The molecule has 0 spiro atoms. The zero-order chi connectivity index (χ0) is 18.6. The van der Waals surface area contributed by atoms with Crippen molar-refractivity contribution >= 4 is 0 Å². The van der Waals surface area contributed by atoms with Crippen LogP contribution < -0.4 is 14.2 Å². The lowest BCUT2D eigenvalue weighted by molar-refractivity contribution is 0.114. The Morgan fingerprint density at radius 3 is 1.81 bits per heavy atom. The van der Waals surface area contributed by atoms with Crippen LogP contribution in [0, 0.1) is 0 Å². The van der Waals surface area contributed by atoms with E-state index in [9.17, 15) is 5.11 Å². The zero-order valence-corrected chi connectivity index (χ0v) is 14.8. The molecule has 1 aromatic heterocycles. The van der Waals surface area contributed by atoms with Gasteiger partial charge in [-0.1, -0.05) is 36.4 Å². The predicted octanol–water partition coefficient (Wildman–Crippen LogP) is 2.79. The van der Waals surface area contributed by atoms with Crippen molar-refractivity contribution in [3.8, 4) is 17.4 Å². The average molecular weight is 352 g/mol. The number of benzene rings is 2. The Morgan fingerprint density at radius 2 is 1.31 bits per heavy atom. The lowest BCUT2D eigenvalue weighted by atomic mass is 9.80. The van der Waals surface area contributed by atoms with E-state index in [1.54, 1.807) is 38.5 Å². The lowest BCUT2D eigenvalue weighted by Crippen LogP contribution is -2.31. The van der Waals surface area contributed by atoms with Crippen LogP contribution in [0.5, 0.6) is 17.4 Å². The largest absolute Gasteiger partial charge is 0.496 e.